The van der Waals surface area contributed by atoms with Crippen molar-refractivity contribution in [1.82, 2.24) is 0 Å². The summed E-state index contributed by atoms with van der Waals surface area (Å²) in [6, 6.07) is 0. The van der Waals surface area contributed by atoms with Gasteiger partial charge in [-0.05, 0) is 20.8 Å². The van der Waals surface area contributed by atoms with Gasteiger partial charge in [0.15, 0.2) is 5.60 Å². The quantitative estimate of drug-likeness (QED) is 0.619. The lowest BCUT2D eigenvalue weighted by molar-refractivity contribution is -0.240. The van der Waals surface area contributed by atoms with Crippen molar-refractivity contribution in [1.29, 1.82) is 0 Å². The summed E-state index contributed by atoms with van der Waals surface area (Å²) in [5.41, 5.74) is -4.51. The van der Waals surface area contributed by atoms with Gasteiger partial charge < -0.3 is 0 Å². The van der Waals surface area contributed by atoms with Crippen LogP contribution in [-0.2, 0) is 28.6 Å². The highest BCUT2D eigenvalue weighted by Crippen LogP contribution is 2.50. The minimum atomic E-state index is -5.05. The van der Waals surface area contributed by atoms with Gasteiger partial charge in [-0.1, -0.05) is 0 Å². The predicted octanol–water partition coefficient (Wildman–Crippen LogP) is 1.80. The lowest BCUT2D eigenvalue weighted by atomic mass is 9.98. The Balaban J connectivity index is 2.70. The summed E-state index contributed by atoms with van der Waals surface area (Å²) >= 11 is 0. The molecule has 0 aromatic heterocycles. The van der Waals surface area contributed by atoms with Crippen LogP contribution in [0.25, 0.3) is 0 Å². The third-order valence-electron chi connectivity index (χ3n) is 3.23. The monoisotopic (exact) mass is 350 g/mol. The fraction of sp³-hybridized carbons (Fsp3) is 0.800. The molecule has 0 aliphatic carbocycles. The molecule has 0 aromatic carbocycles. The molecule has 0 spiro atoms. The van der Waals surface area contributed by atoms with Crippen LogP contribution < -0.4 is 0 Å². The van der Waals surface area contributed by atoms with Gasteiger partial charge in [-0.3, -0.25) is 8.37 Å². The van der Waals surface area contributed by atoms with Crippen LogP contribution in [0.3, 0.4) is 0 Å². The predicted molar refractivity (Wildman–Crippen MR) is 64.8 cm³/mol. The highest BCUT2D eigenvalue weighted by Gasteiger charge is 2.61. The van der Waals surface area contributed by atoms with E-state index >= 15 is 0 Å². The molecule has 11 heteroatoms. The van der Waals surface area contributed by atoms with Gasteiger partial charge in [-0.25, -0.2) is 0 Å². The smallest absolute Gasteiger partial charge is 0.260 e. The number of rotatable bonds is 0. The summed E-state index contributed by atoms with van der Waals surface area (Å²) in [5.74, 6) is 0. The average molecular weight is 350 g/mol. The van der Waals surface area contributed by atoms with E-state index in [9.17, 15) is 30.0 Å². The first-order valence-electron chi connectivity index (χ1n) is 5.80. The second-order valence-corrected chi connectivity index (χ2v) is 8.90. The van der Waals surface area contributed by atoms with Gasteiger partial charge in [-0.2, -0.15) is 30.0 Å². The fourth-order valence-corrected chi connectivity index (χ4v) is 5.97. The Labute approximate surface area is 120 Å². The van der Waals surface area contributed by atoms with E-state index in [4.69, 9.17) is 4.18 Å². The highest BCUT2D eigenvalue weighted by atomic mass is 32.2. The number of alkyl halides is 3. The molecule has 0 saturated carbocycles. The maximum absolute atomic E-state index is 13.0. The van der Waals surface area contributed by atoms with E-state index in [1.54, 1.807) is 0 Å². The summed E-state index contributed by atoms with van der Waals surface area (Å²) in [4.78, 5) is -1.55. The molecule has 1 unspecified atom stereocenters. The van der Waals surface area contributed by atoms with Crippen molar-refractivity contribution in [3.8, 4) is 0 Å². The van der Waals surface area contributed by atoms with Crippen LogP contribution in [0.1, 0.15) is 33.6 Å². The zero-order valence-corrected chi connectivity index (χ0v) is 12.9. The number of halogens is 3. The minimum Gasteiger partial charge on any atom is -0.260 e. The highest BCUT2D eigenvalue weighted by molar-refractivity contribution is 7.95. The summed E-state index contributed by atoms with van der Waals surface area (Å²) in [6.07, 6.45) is -6.57. The average Bonchev–Trinajstić information content (AvgIpc) is 2.15. The summed E-state index contributed by atoms with van der Waals surface area (Å²) in [7, 11) is -9.39. The minimum absolute atomic E-state index is 0.377. The molecule has 2 heterocycles. The first-order chi connectivity index (χ1) is 9.10. The Morgan fingerprint density at radius 2 is 1.33 bits per heavy atom. The molecule has 0 bridgehead atoms. The van der Waals surface area contributed by atoms with E-state index in [0.29, 0.717) is 6.92 Å². The molecule has 0 amide bonds. The molecule has 122 valence electrons. The molecule has 2 aliphatic rings. The van der Waals surface area contributed by atoms with Gasteiger partial charge in [0.25, 0.3) is 20.2 Å². The van der Waals surface area contributed by atoms with E-state index in [-0.39, 0.29) is 6.42 Å². The molecule has 2 rings (SSSR count). The number of hydrogen-bond donors (Lipinski definition) is 0. The Hall–Kier alpha value is -0.650. The summed E-state index contributed by atoms with van der Waals surface area (Å²) in [6.45, 7) is 3.13. The van der Waals surface area contributed by atoms with Crippen molar-refractivity contribution in [2.75, 3.05) is 0 Å². The molecule has 2 aliphatic heterocycles. The van der Waals surface area contributed by atoms with Crippen LogP contribution in [-0.4, -0.2) is 34.2 Å². The van der Waals surface area contributed by atoms with Gasteiger partial charge >= 0.3 is 6.18 Å². The van der Waals surface area contributed by atoms with Crippen LogP contribution in [0.15, 0.2) is 9.81 Å². The van der Waals surface area contributed by atoms with Crippen LogP contribution in [0.5, 0.6) is 0 Å². The van der Waals surface area contributed by atoms with Crippen molar-refractivity contribution >= 4 is 20.2 Å². The topological polar surface area (TPSA) is 86.7 Å². The largest absolute Gasteiger partial charge is 0.419 e. The van der Waals surface area contributed by atoms with E-state index in [1.165, 1.54) is 13.8 Å². The number of hydrogen-bond acceptors (Lipinski definition) is 6. The molecular weight excluding hydrogens is 337 g/mol. The first kappa shape index (κ1) is 16.7. The van der Waals surface area contributed by atoms with Crippen LogP contribution in [0.4, 0.5) is 13.2 Å². The Kier molecular flexibility index (Phi) is 3.35. The molecule has 1 atom stereocenters. The normalized spacial score (nSPS) is 34.4. The zero-order chi connectivity index (χ0) is 16.5. The van der Waals surface area contributed by atoms with E-state index in [1.807, 2.05) is 0 Å². The molecule has 0 fully saturated rings. The van der Waals surface area contributed by atoms with E-state index in [2.05, 4.69) is 4.18 Å². The van der Waals surface area contributed by atoms with Crippen molar-refractivity contribution < 1.29 is 38.4 Å². The maximum Gasteiger partial charge on any atom is 0.419 e. The van der Waals surface area contributed by atoms with Gasteiger partial charge in [0.2, 0.25) is 0 Å². The van der Waals surface area contributed by atoms with Gasteiger partial charge in [-0.15, -0.1) is 0 Å². The lowest BCUT2D eigenvalue weighted by Crippen LogP contribution is -2.52. The van der Waals surface area contributed by atoms with Gasteiger partial charge in [0.05, 0.1) is 15.4 Å². The molecule has 21 heavy (non-hydrogen) atoms. The Morgan fingerprint density at radius 1 is 0.905 bits per heavy atom. The molecule has 0 aromatic rings. The standard InChI is InChI=1S/C10H13F3O6S2/c1-8(2)4-6-7(20(14,15)18-8)5-9(3,10(11,12)13)19-21(6,16)17/h4-5H2,1-3H3. The van der Waals surface area contributed by atoms with Crippen molar-refractivity contribution in [2.24, 2.45) is 0 Å². The van der Waals surface area contributed by atoms with Crippen molar-refractivity contribution in [3.05, 3.63) is 9.81 Å². The lowest BCUT2D eigenvalue weighted by Gasteiger charge is -2.40. The third kappa shape index (κ3) is 2.71. The van der Waals surface area contributed by atoms with Crippen molar-refractivity contribution in [3.63, 3.8) is 0 Å². The van der Waals surface area contributed by atoms with Crippen molar-refractivity contribution in [2.45, 2.75) is 51.0 Å². The molecular formula is C10H13F3O6S2. The zero-order valence-electron chi connectivity index (χ0n) is 11.3. The summed E-state index contributed by atoms with van der Waals surface area (Å²) in [5, 5.41) is 0. The Morgan fingerprint density at radius 3 is 1.81 bits per heavy atom. The second-order valence-electron chi connectivity index (χ2n) is 5.76. The molecule has 0 saturated heterocycles. The molecule has 0 radical (unpaired) electrons. The Bertz CT molecular complexity index is 716. The maximum atomic E-state index is 13.0. The first-order valence-corrected chi connectivity index (χ1v) is 8.61. The van der Waals surface area contributed by atoms with Gasteiger partial charge in [0.1, 0.15) is 0 Å². The van der Waals surface area contributed by atoms with Crippen LogP contribution in [0, 0.1) is 0 Å². The fourth-order valence-electron chi connectivity index (χ4n) is 2.19. The van der Waals surface area contributed by atoms with Gasteiger partial charge in [0, 0.05) is 12.8 Å². The van der Waals surface area contributed by atoms with E-state index in [0.717, 1.165) is 0 Å². The third-order valence-corrected chi connectivity index (χ3v) is 6.60. The SMILES string of the molecule is CC1(C)CC2=C(CC(C)(C(F)(F)F)OS2(=O)=O)S(=O)(=O)O1. The second kappa shape index (κ2) is 4.21. The van der Waals surface area contributed by atoms with Crippen LogP contribution in [0.2, 0.25) is 0 Å². The molecule has 0 N–H and O–H groups in total. The summed E-state index contributed by atoms with van der Waals surface area (Å²) < 4.78 is 95.8. The molecule has 6 nitrogen and oxygen atoms in total. The van der Waals surface area contributed by atoms with E-state index < -0.39 is 53.8 Å². The van der Waals surface area contributed by atoms with Crippen LogP contribution >= 0.6 is 0 Å².